The van der Waals surface area contributed by atoms with Crippen molar-refractivity contribution in [3.63, 3.8) is 0 Å². The van der Waals surface area contributed by atoms with Crippen LogP contribution >= 0.6 is 46.4 Å². The minimum absolute atomic E-state index is 0.166. The average Bonchev–Trinajstić information content (AvgIpc) is 2.80. The molecule has 3 aromatic carbocycles. The van der Waals surface area contributed by atoms with Crippen LogP contribution in [0.1, 0.15) is 35.4 Å². The van der Waals surface area contributed by atoms with E-state index < -0.39 is 5.92 Å². The van der Waals surface area contributed by atoms with Gasteiger partial charge < -0.3 is 0 Å². The van der Waals surface area contributed by atoms with Gasteiger partial charge in [0.15, 0.2) is 0 Å². The number of allylic oxidation sites excluding steroid dienone is 2. The molecule has 3 unspecified atom stereocenters. The Morgan fingerprint density at radius 1 is 0.781 bits per heavy atom. The summed E-state index contributed by atoms with van der Waals surface area (Å²) in [6.45, 7) is 1.99. The second-order valence-corrected chi connectivity index (χ2v) is 9.03. The Kier molecular flexibility index (Phi) is 8.25. The Hall–Kier alpha value is -2.46. The first kappa shape index (κ1) is 24.2. The second kappa shape index (κ2) is 10.9. The van der Waals surface area contributed by atoms with Gasteiger partial charge in [0, 0.05) is 5.92 Å². The van der Waals surface area contributed by atoms with E-state index in [0.29, 0.717) is 31.2 Å². The van der Waals surface area contributed by atoms with E-state index in [1.165, 1.54) is 0 Å². The molecule has 0 N–H and O–H groups in total. The lowest BCUT2D eigenvalue weighted by molar-refractivity contribution is 0.508. The highest BCUT2D eigenvalue weighted by molar-refractivity contribution is 6.42. The molecule has 0 saturated carbocycles. The van der Waals surface area contributed by atoms with Crippen LogP contribution in [0.2, 0.25) is 20.1 Å². The molecule has 0 aliphatic rings. The predicted molar refractivity (Wildman–Crippen MR) is 133 cm³/mol. The van der Waals surface area contributed by atoms with Gasteiger partial charge in [0.1, 0.15) is 0 Å². The van der Waals surface area contributed by atoms with E-state index in [9.17, 15) is 10.5 Å². The number of rotatable bonds is 6. The van der Waals surface area contributed by atoms with Gasteiger partial charge in [-0.3, -0.25) is 0 Å². The third-order valence-electron chi connectivity index (χ3n) is 5.33. The van der Waals surface area contributed by atoms with Crippen molar-refractivity contribution in [2.45, 2.75) is 18.8 Å². The molecule has 3 rings (SSSR count). The number of hydrogen-bond donors (Lipinski definition) is 0. The van der Waals surface area contributed by atoms with Crippen molar-refractivity contribution in [1.29, 1.82) is 10.5 Å². The highest BCUT2D eigenvalue weighted by atomic mass is 35.5. The number of nitrogens with zero attached hydrogens (tertiary/aromatic N) is 2. The Bertz CT molecular complexity index is 1220. The summed E-state index contributed by atoms with van der Waals surface area (Å²) in [5, 5.41) is 21.6. The maximum absolute atomic E-state index is 10.2. The van der Waals surface area contributed by atoms with E-state index in [-0.39, 0.29) is 11.8 Å². The largest absolute Gasteiger partial charge is 0.198 e. The van der Waals surface area contributed by atoms with E-state index in [1.807, 2.05) is 49.4 Å². The molecule has 0 heterocycles. The van der Waals surface area contributed by atoms with Gasteiger partial charge in [0.2, 0.25) is 0 Å². The Labute approximate surface area is 208 Å². The van der Waals surface area contributed by atoms with E-state index in [4.69, 9.17) is 46.4 Å². The first-order valence-corrected chi connectivity index (χ1v) is 11.3. The molecule has 6 heteroatoms. The molecule has 0 spiro atoms. The molecule has 3 aromatic rings. The molecule has 0 aliphatic carbocycles. The monoisotopic (exact) mass is 498 g/mol. The summed E-state index contributed by atoms with van der Waals surface area (Å²) in [7, 11) is 0. The zero-order valence-electron chi connectivity index (χ0n) is 17.1. The van der Waals surface area contributed by atoms with Gasteiger partial charge in [-0.2, -0.15) is 10.5 Å². The molecular formula is C26H18Cl4N2. The van der Waals surface area contributed by atoms with Gasteiger partial charge in [0.25, 0.3) is 0 Å². The van der Waals surface area contributed by atoms with Gasteiger partial charge >= 0.3 is 0 Å². The van der Waals surface area contributed by atoms with E-state index in [2.05, 4.69) is 12.1 Å². The summed E-state index contributed by atoms with van der Waals surface area (Å²) in [5.41, 5.74) is 2.88. The second-order valence-electron chi connectivity index (χ2n) is 7.40. The van der Waals surface area contributed by atoms with Crippen molar-refractivity contribution in [3.05, 3.63) is 110 Å². The van der Waals surface area contributed by atoms with Crippen molar-refractivity contribution in [2.24, 2.45) is 5.92 Å². The molecule has 0 amide bonds. The highest BCUT2D eigenvalue weighted by Crippen LogP contribution is 2.41. The molecule has 2 nitrogen and oxygen atoms in total. The number of hydrogen-bond acceptors (Lipinski definition) is 2. The van der Waals surface area contributed by atoms with Gasteiger partial charge in [-0.25, -0.2) is 0 Å². The zero-order chi connectivity index (χ0) is 23.3. The van der Waals surface area contributed by atoms with Gasteiger partial charge in [0.05, 0.1) is 43.7 Å². The van der Waals surface area contributed by atoms with Crippen molar-refractivity contribution in [3.8, 4) is 12.1 Å². The lowest BCUT2D eigenvalue weighted by Crippen LogP contribution is -2.17. The van der Waals surface area contributed by atoms with Crippen LogP contribution in [0, 0.1) is 28.6 Å². The molecular weight excluding hydrogens is 482 g/mol. The SMILES string of the molecule is CC(/C=C(/C#N)c1ccc(Cl)c(Cl)c1)C(c1ccccc1)C(C#N)c1ccc(Cl)c(Cl)c1. The number of benzene rings is 3. The predicted octanol–water partition coefficient (Wildman–Crippen LogP) is 8.93. The summed E-state index contributed by atoms with van der Waals surface area (Å²) >= 11 is 24.5. The minimum atomic E-state index is -0.507. The summed E-state index contributed by atoms with van der Waals surface area (Å²) in [4.78, 5) is 0. The third-order valence-corrected chi connectivity index (χ3v) is 6.81. The first-order chi connectivity index (χ1) is 15.3. The van der Waals surface area contributed by atoms with Crippen LogP contribution in [-0.2, 0) is 0 Å². The van der Waals surface area contributed by atoms with Crippen molar-refractivity contribution in [2.75, 3.05) is 0 Å². The lowest BCUT2D eigenvalue weighted by Gasteiger charge is -2.27. The van der Waals surface area contributed by atoms with Gasteiger partial charge in [-0.05, 0) is 46.9 Å². The Morgan fingerprint density at radius 2 is 1.41 bits per heavy atom. The molecule has 160 valence electrons. The molecule has 0 aromatic heterocycles. The summed E-state index contributed by atoms with van der Waals surface area (Å²) in [5.74, 6) is -0.905. The van der Waals surface area contributed by atoms with Crippen LogP contribution in [0.5, 0.6) is 0 Å². The topological polar surface area (TPSA) is 47.6 Å². The molecule has 0 fully saturated rings. The fourth-order valence-electron chi connectivity index (χ4n) is 3.77. The first-order valence-electron chi connectivity index (χ1n) is 9.82. The minimum Gasteiger partial charge on any atom is -0.198 e. The molecule has 0 radical (unpaired) electrons. The highest BCUT2D eigenvalue weighted by Gasteiger charge is 2.30. The molecule has 0 saturated heterocycles. The van der Waals surface area contributed by atoms with Crippen LogP contribution in [0.3, 0.4) is 0 Å². The third kappa shape index (κ3) is 5.47. The number of halogens is 4. The Balaban J connectivity index is 2.09. The van der Waals surface area contributed by atoms with Gasteiger partial charge in [-0.15, -0.1) is 0 Å². The van der Waals surface area contributed by atoms with Crippen LogP contribution in [0.4, 0.5) is 0 Å². The molecule has 32 heavy (non-hydrogen) atoms. The fraction of sp³-hybridized carbons (Fsp3) is 0.154. The Morgan fingerprint density at radius 3 is 1.97 bits per heavy atom. The normalized spacial score (nSPS) is 14.2. The molecule has 3 atom stereocenters. The van der Waals surface area contributed by atoms with Crippen molar-refractivity contribution in [1.82, 2.24) is 0 Å². The van der Waals surface area contributed by atoms with E-state index in [1.54, 1.807) is 30.3 Å². The van der Waals surface area contributed by atoms with Crippen LogP contribution in [0.15, 0.2) is 72.8 Å². The van der Waals surface area contributed by atoms with Gasteiger partial charge in [-0.1, -0.05) is 102 Å². The fourth-order valence-corrected chi connectivity index (χ4v) is 4.38. The van der Waals surface area contributed by atoms with E-state index in [0.717, 1.165) is 11.1 Å². The maximum atomic E-state index is 10.2. The molecule has 0 bridgehead atoms. The quantitative estimate of drug-likeness (QED) is 0.317. The average molecular weight is 500 g/mol. The van der Waals surface area contributed by atoms with Crippen LogP contribution in [0.25, 0.3) is 5.57 Å². The van der Waals surface area contributed by atoms with Crippen molar-refractivity contribution >= 4 is 52.0 Å². The zero-order valence-corrected chi connectivity index (χ0v) is 20.1. The molecule has 0 aliphatic heterocycles. The smallest absolute Gasteiger partial charge is 0.0994 e. The van der Waals surface area contributed by atoms with Crippen molar-refractivity contribution < 1.29 is 0 Å². The lowest BCUT2D eigenvalue weighted by atomic mass is 9.74. The van der Waals surface area contributed by atoms with Crippen LogP contribution in [-0.4, -0.2) is 0 Å². The van der Waals surface area contributed by atoms with Crippen LogP contribution < -0.4 is 0 Å². The summed E-state index contributed by atoms with van der Waals surface area (Å²) in [6.07, 6.45) is 1.87. The number of nitriles is 2. The summed E-state index contributed by atoms with van der Waals surface area (Å²) in [6, 6.07) is 24.8. The standard InChI is InChI=1S/C26H18Cl4N2/c1-16(11-20(14-31)18-7-9-22(27)24(29)12-18)26(17-5-3-2-4-6-17)21(15-32)19-8-10-23(28)25(30)13-19/h2-13,16,21,26H,1H3/b20-11-. The summed E-state index contributed by atoms with van der Waals surface area (Å²) < 4.78 is 0. The van der Waals surface area contributed by atoms with E-state index >= 15 is 0 Å². The maximum Gasteiger partial charge on any atom is 0.0994 e.